The molecule has 0 saturated heterocycles. The van der Waals surface area contributed by atoms with Gasteiger partial charge in [-0.25, -0.2) is 0 Å². The van der Waals surface area contributed by atoms with Gasteiger partial charge in [0.15, 0.2) is 0 Å². The van der Waals surface area contributed by atoms with Crippen LogP contribution in [0.3, 0.4) is 0 Å². The predicted molar refractivity (Wildman–Crippen MR) is 126 cm³/mol. The molecule has 1 heterocycles. The SMILES string of the molecule is CC1CN(Cc2ccc([C@H](C)NC(C)[C@H](C)O)cc2)Cc2ccc(OCC3CC3)cc21. The van der Waals surface area contributed by atoms with Gasteiger partial charge in [-0.1, -0.05) is 37.3 Å². The number of ether oxygens (including phenoxy) is 1. The van der Waals surface area contributed by atoms with Gasteiger partial charge in [0.25, 0.3) is 0 Å². The van der Waals surface area contributed by atoms with E-state index in [-0.39, 0.29) is 18.2 Å². The van der Waals surface area contributed by atoms with Crippen molar-refractivity contribution in [3.05, 3.63) is 64.7 Å². The van der Waals surface area contributed by atoms with Crippen LogP contribution in [0.1, 0.15) is 74.8 Å². The van der Waals surface area contributed by atoms with Gasteiger partial charge in [-0.05, 0) is 79.8 Å². The van der Waals surface area contributed by atoms with Gasteiger partial charge in [0.2, 0.25) is 0 Å². The Labute approximate surface area is 187 Å². The van der Waals surface area contributed by atoms with Crippen molar-refractivity contribution in [2.45, 2.75) is 77.7 Å². The van der Waals surface area contributed by atoms with Gasteiger partial charge >= 0.3 is 0 Å². The fourth-order valence-corrected chi connectivity index (χ4v) is 4.48. The molecule has 2 aromatic rings. The molecule has 4 heteroatoms. The van der Waals surface area contributed by atoms with Crippen LogP contribution < -0.4 is 10.1 Å². The first-order valence-electron chi connectivity index (χ1n) is 11.9. The summed E-state index contributed by atoms with van der Waals surface area (Å²) in [7, 11) is 0. The summed E-state index contributed by atoms with van der Waals surface area (Å²) in [4.78, 5) is 2.55. The normalized spacial score (nSPS) is 21.9. The summed E-state index contributed by atoms with van der Waals surface area (Å²) in [5, 5.41) is 13.2. The Morgan fingerprint density at radius 1 is 1.10 bits per heavy atom. The number of hydrogen-bond donors (Lipinski definition) is 2. The minimum atomic E-state index is -0.355. The van der Waals surface area contributed by atoms with Gasteiger partial charge in [0, 0.05) is 31.7 Å². The Bertz CT molecular complexity index is 860. The fraction of sp³-hybridized carbons (Fsp3) is 0.556. The standard InChI is InChI=1S/C27H38N2O2/c1-18-14-29(16-25-11-12-26(13-27(18)25)31-17-23-5-6-23)15-22-7-9-24(10-8-22)20(3)28-19(2)21(4)30/h7-13,18-21,23,28,30H,5-6,14-17H2,1-4H3/t18?,19?,20-,21-/m0/s1. The van der Waals surface area contributed by atoms with E-state index in [0.717, 1.165) is 37.9 Å². The highest BCUT2D eigenvalue weighted by Gasteiger charge is 2.25. The van der Waals surface area contributed by atoms with Crippen molar-refractivity contribution >= 4 is 0 Å². The zero-order valence-electron chi connectivity index (χ0n) is 19.5. The Balaban J connectivity index is 1.35. The number of fused-ring (bicyclic) bond motifs is 1. The molecule has 2 N–H and O–H groups in total. The third-order valence-electron chi connectivity index (χ3n) is 6.88. The zero-order valence-corrected chi connectivity index (χ0v) is 19.5. The molecule has 1 aliphatic heterocycles. The maximum atomic E-state index is 9.73. The number of hydrogen-bond acceptors (Lipinski definition) is 4. The lowest BCUT2D eigenvalue weighted by atomic mass is 9.90. The maximum Gasteiger partial charge on any atom is 0.119 e. The molecule has 0 radical (unpaired) electrons. The highest BCUT2D eigenvalue weighted by Crippen LogP contribution is 2.34. The molecule has 0 spiro atoms. The number of nitrogens with zero attached hydrogens (tertiary/aromatic N) is 1. The lowest BCUT2D eigenvalue weighted by Crippen LogP contribution is -2.37. The Kier molecular flexibility index (Phi) is 7.00. The van der Waals surface area contributed by atoms with Gasteiger partial charge in [-0.2, -0.15) is 0 Å². The third-order valence-corrected chi connectivity index (χ3v) is 6.88. The van der Waals surface area contributed by atoms with Crippen LogP contribution in [0.5, 0.6) is 5.75 Å². The molecule has 1 fully saturated rings. The lowest BCUT2D eigenvalue weighted by molar-refractivity contribution is 0.147. The minimum absolute atomic E-state index is 0.0733. The molecule has 168 valence electrons. The van der Waals surface area contributed by atoms with Gasteiger partial charge in [-0.15, -0.1) is 0 Å². The molecule has 4 rings (SSSR count). The summed E-state index contributed by atoms with van der Waals surface area (Å²) in [5.41, 5.74) is 5.48. The molecule has 1 saturated carbocycles. The van der Waals surface area contributed by atoms with Crippen molar-refractivity contribution in [1.82, 2.24) is 10.2 Å². The monoisotopic (exact) mass is 422 g/mol. The molecule has 2 aromatic carbocycles. The Hall–Kier alpha value is -1.88. The average Bonchev–Trinajstić information content (AvgIpc) is 3.57. The van der Waals surface area contributed by atoms with Crippen molar-refractivity contribution in [1.29, 1.82) is 0 Å². The lowest BCUT2D eigenvalue weighted by Gasteiger charge is -2.33. The molecule has 2 aliphatic rings. The largest absolute Gasteiger partial charge is 0.493 e. The summed E-state index contributed by atoms with van der Waals surface area (Å²) in [6, 6.07) is 15.9. The van der Waals surface area contributed by atoms with Crippen molar-refractivity contribution in [2.75, 3.05) is 13.2 Å². The van der Waals surface area contributed by atoms with Crippen LogP contribution >= 0.6 is 0 Å². The highest BCUT2D eigenvalue weighted by molar-refractivity contribution is 5.39. The van der Waals surface area contributed by atoms with Crippen LogP contribution in [0.4, 0.5) is 0 Å². The smallest absolute Gasteiger partial charge is 0.119 e. The van der Waals surface area contributed by atoms with E-state index in [1.165, 1.54) is 35.1 Å². The molecule has 1 aliphatic carbocycles. The number of nitrogens with one attached hydrogen (secondary N) is 1. The summed E-state index contributed by atoms with van der Waals surface area (Å²) < 4.78 is 6.00. The first kappa shape index (κ1) is 22.3. The topological polar surface area (TPSA) is 44.7 Å². The van der Waals surface area contributed by atoms with Gasteiger partial charge in [0.1, 0.15) is 5.75 Å². The van der Waals surface area contributed by atoms with E-state index >= 15 is 0 Å². The van der Waals surface area contributed by atoms with Crippen molar-refractivity contribution in [3.63, 3.8) is 0 Å². The molecule has 4 atom stereocenters. The molecule has 4 nitrogen and oxygen atoms in total. The van der Waals surface area contributed by atoms with E-state index in [1.54, 1.807) is 0 Å². The summed E-state index contributed by atoms with van der Waals surface area (Å²) in [6.45, 7) is 12.2. The molecule has 0 aromatic heterocycles. The first-order valence-corrected chi connectivity index (χ1v) is 11.9. The van der Waals surface area contributed by atoms with Crippen LogP contribution in [-0.2, 0) is 13.1 Å². The van der Waals surface area contributed by atoms with E-state index in [1.807, 2.05) is 13.8 Å². The fourth-order valence-electron chi connectivity index (χ4n) is 4.48. The molecule has 0 bridgehead atoms. The van der Waals surface area contributed by atoms with Crippen LogP contribution in [0.2, 0.25) is 0 Å². The highest BCUT2D eigenvalue weighted by atomic mass is 16.5. The number of rotatable bonds is 9. The second-order valence-electron chi connectivity index (χ2n) is 9.84. The molecule has 0 amide bonds. The predicted octanol–water partition coefficient (Wildman–Crippen LogP) is 5.01. The molecular formula is C27H38N2O2. The summed E-state index contributed by atoms with van der Waals surface area (Å²) >= 11 is 0. The summed E-state index contributed by atoms with van der Waals surface area (Å²) in [6.07, 6.45) is 2.30. The quantitative estimate of drug-likeness (QED) is 0.596. The van der Waals surface area contributed by atoms with Crippen LogP contribution in [0.15, 0.2) is 42.5 Å². The van der Waals surface area contributed by atoms with Gasteiger partial charge in [-0.3, -0.25) is 4.90 Å². The van der Waals surface area contributed by atoms with E-state index in [0.29, 0.717) is 5.92 Å². The van der Waals surface area contributed by atoms with Crippen molar-refractivity contribution in [3.8, 4) is 5.75 Å². The van der Waals surface area contributed by atoms with Crippen LogP contribution in [0, 0.1) is 5.92 Å². The number of aliphatic hydroxyl groups excluding tert-OH is 1. The molecule has 31 heavy (non-hydrogen) atoms. The van der Waals surface area contributed by atoms with Crippen molar-refractivity contribution in [2.24, 2.45) is 5.92 Å². The van der Waals surface area contributed by atoms with Crippen molar-refractivity contribution < 1.29 is 9.84 Å². The Morgan fingerprint density at radius 2 is 1.84 bits per heavy atom. The van der Waals surface area contributed by atoms with E-state index < -0.39 is 0 Å². The van der Waals surface area contributed by atoms with Crippen LogP contribution in [0.25, 0.3) is 0 Å². The van der Waals surface area contributed by atoms with Gasteiger partial charge < -0.3 is 15.2 Å². The van der Waals surface area contributed by atoms with E-state index in [9.17, 15) is 5.11 Å². The Morgan fingerprint density at radius 3 is 2.52 bits per heavy atom. The third kappa shape index (κ3) is 5.88. The summed E-state index contributed by atoms with van der Waals surface area (Å²) in [5.74, 6) is 2.34. The number of aliphatic hydroxyl groups is 1. The van der Waals surface area contributed by atoms with Crippen LogP contribution in [-0.4, -0.2) is 35.3 Å². The molecule has 2 unspecified atom stereocenters. The maximum absolute atomic E-state index is 9.73. The van der Waals surface area contributed by atoms with E-state index in [4.69, 9.17) is 4.74 Å². The zero-order chi connectivity index (χ0) is 22.0. The molecular weight excluding hydrogens is 384 g/mol. The minimum Gasteiger partial charge on any atom is -0.493 e. The number of benzene rings is 2. The van der Waals surface area contributed by atoms with Gasteiger partial charge in [0.05, 0.1) is 12.7 Å². The second kappa shape index (κ2) is 9.72. The first-order chi connectivity index (χ1) is 14.9. The van der Waals surface area contributed by atoms with E-state index in [2.05, 4.69) is 66.5 Å². The average molecular weight is 423 g/mol. The second-order valence-corrected chi connectivity index (χ2v) is 9.84.